The van der Waals surface area contributed by atoms with Crippen LogP contribution in [0.25, 0.3) is 6.08 Å². The normalized spacial score (nSPS) is 11.5. The lowest BCUT2D eigenvalue weighted by atomic mass is 10.2. The Balaban J connectivity index is 2.72. The Bertz CT molecular complexity index is 304. The lowest BCUT2D eigenvalue weighted by Gasteiger charge is -2.00. The molecule has 0 amide bonds. The highest BCUT2D eigenvalue weighted by atomic mass is 35.5. The molecule has 0 aliphatic rings. The predicted octanol–water partition coefficient (Wildman–Crippen LogP) is 3.90. The van der Waals surface area contributed by atoms with Gasteiger partial charge in [0.1, 0.15) is 5.75 Å². The maximum Gasteiger partial charge on any atom is 0.118 e. The molecule has 0 atom stereocenters. The fourth-order valence-corrected chi connectivity index (χ4v) is 1.56. The van der Waals surface area contributed by atoms with Crippen molar-refractivity contribution in [3.8, 4) is 5.75 Å². The van der Waals surface area contributed by atoms with Crippen molar-refractivity contribution in [1.29, 1.82) is 0 Å². The van der Waals surface area contributed by atoms with Crippen LogP contribution in [0.4, 0.5) is 0 Å². The van der Waals surface area contributed by atoms with Crippen LogP contribution in [0.15, 0.2) is 29.3 Å². The van der Waals surface area contributed by atoms with Crippen LogP contribution in [0.5, 0.6) is 5.75 Å². The zero-order valence-electron chi connectivity index (χ0n) is 7.97. The Kier molecular flexibility index (Phi) is 4.85. The molecule has 1 aromatic rings. The first kappa shape index (κ1) is 11.4. The smallest absolute Gasteiger partial charge is 0.118 e. The molecule has 3 heteroatoms. The molecule has 76 valence electrons. The number of hydrogen-bond donors (Lipinski definition) is 0. The summed E-state index contributed by atoms with van der Waals surface area (Å²) in [5.41, 5.74) is 1.06. The molecule has 0 aromatic heterocycles. The van der Waals surface area contributed by atoms with E-state index in [4.69, 9.17) is 27.9 Å². The van der Waals surface area contributed by atoms with Gasteiger partial charge in [-0.15, -0.1) is 11.6 Å². The van der Waals surface area contributed by atoms with Crippen LogP contribution in [0, 0.1) is 0 Å². The summed E-state index contributed by atoms with van der Waals surface area (Å²) in [6.07, 6.45) is 2.61. The fourth-order valence-electron chi connectivity index (χ4n) is 1.04. The van der Waals surface area contributed by atoms with Crippen LogP contribution in [0.2, 0.25) is 0 Å². The summed E-state index contributed by atoms with van der Waals surface area (Å²) in [4.78, 5) is 0. The van der Waals surface area contributed by atoms with E-state index in [0.717, 1.165) is 16.3 Å². The molecule has 0 spiro atoms. The number of rotatable bonds is 4. The Hall–Kier alpha value is -0.660. The lowest BCUT2D eigenvalue weighted by Crippen LogP contribution is -1.82. The molecule has 0 radical (unpaired) electrons. The minimum Gasteiger partial charge on any atom is -0.497 e. The van der Waals surface area contributed by atoms with E-state index < -0.39 is 0 Å². The average Bonchev–Trinajstić information content (AvgIpc) is 2.19. The van der Waals surface area contributed by atoms with Crippen molar-refractivity contribution in [2.45, 2.75) is 6.42 Å². The lowest BCUT2D eigenvalue weighted by molar-refractivity contribution is 0.415. The van der Waals surface area contributed by atoms with Crippen LogP contribution in [0.3, 0.4) is 0 Å². The quantitative estimate of drug-likeness (QED) is 0.714. The third kappa shape index (κ3) is 3.60. The van der Waals surface area contributed by atoms with Crippen LogP contribution in [-0.2, 0) is 0 Å². The van der Waals surface area contributed by atoms with Crippen LogP contribution in [0.1, 0.15) is 12.0 Å². The number of halogens is 2. The monoisotopic (exact) mass is 230 g/mol. The van der Waals surface area contributed by atoms with Crippen molar-refractivity contribution >= 4 is 29.3 Å². The van der Waals surface area contributed by atoms with Gasteiger partial charge in [0.2, 0.25) is 0 Å². The maximum absolute atomic E-state index is 5.93. The summed E-state index contributed by atoms with van der Waals surface area (Å²) >= 11 is 11.5. The van der Waals surface area contributed by atoms with Gasteiger partial charge in [-0.05, 0) is 30.2 Å². The summed E-state index contributed by atoms with van der Waals surface area (Å²) in [5, 5.41) is 0.769. The Morgan fingerprint density at radius 1 is 1.36 bits per heavy atom. The predicted molar refractivity (Wildman–Crippen MR) is 62.2 cm³/mol. The highest BCUT2D eigenvalue weighted by molar-refractivity contribution is 6.32. The van der Waals surface area contributed by atoms with Gasteiger partial charge in [0.15, 0.2) is 0 Å². The molecule has 14 heavy (non-hydrogen) atoms. The third-order valence-electron chi connectivity index (χ3n) is 1.77. The fraction of sp³-hybridized carbons (Fsp3) is 0.273. The van der Waals surface area contributed by atoms with Crippen LogP contribution >= 0.6 is 23.2 Å². The second kappa shape index (κ2) is 5.94. The molecule has 0 fully saturated rings. The summed E-state index contributed by atoms with van der Waals surface area (Å²) in [5.74, 6) is 1.39. The Labute approximate surface area is 94.3 Å². The van der Waals surface area contributed by atoms with Crippen molar-refractivity contribution in [2.24, 2.45) is 0 Å². The van der Waals surface area contributed by atoms with Gasteiger partial charge >= 0.3 is 0 Å². The molecule has 0 saturated heterocycles. The number of ether oxygens (including phenoxy) is 1. The molecule has 0 aliphatic heterocycles. The topological polar surface area (TPSA) is 9.23 Å². The van der Waals surface area contributed by atoms with Crippen LogP contribution in [-0.4, -0.2) is 13.0 Å². The van der Waals surface area contributed by atoms with E-state index in [1.807, 2.05) is 30.3 Å². The van der Waals surface area contributed by atoms with Gasteiger partial charge in [0.25, 0.3) is 0 Å². The largest absolute Gasteiger partial charge is 0.497 e. The zero-order valence-corrected chi connectivity index (χ0v) is 9.48. The molecule has 0 aliphatic carbocycles. The van der Waals surface area contributed by atoms with Crippen molar-refractivity contribution in [1.82, 2.24) is 0 Å². The average molecular weight is 231 g/mol. The molecule has 0 heterocycles. The van der Waals surface area contributed by atoms with Gasteiger partial charge in [0.05, 0.1) is 7.11 Å². The molecular weight excluding hydrogens is 219 g/mol. The van der Waals surface area contributed by atoms with E-state index in [1.54, 1.807) is 7.11 Å². The highest BCUT2D eigenvalue weighted by Gasteiger charge is 1.94. The highest BCUT2D eigenvalue weighted by Crippen LogP contribution is 2.17. The second-order valence-corrected chi connectivity index (χ2v) is 3.67. The Morgan fingerprint density at radius 2 is 2.00 bits per heavy atom. The van der Waals surface area contributed by atoms with Gasteiger partial charge in [-0.2, -0.15) is 0 Å². The van der Waals surface area contributed by atoms with Crippen molar-refractivity contribution in [3.05, 3.63) is 34.9 Å². The molecular formula is C11H12Cl2O. The van der Waals surface area contributed by atoms with E-state index in [9.17, 15) is 0 Å². The van der Waals surface area contributed by atoms with Crippen molar-refractivity contribution in [3.63, 3.8) is 0 Å². The summed E-state index contributed by atoms with van der Waals surface area (Å²) < 4.78 is 5.05. The zero-order chi connectivity index (χ0) is 10.4. The van der Waals surface area contributed by atoms with E-state index in [1.165, 1.54) is 0 Å². The van der Waals surface area contributed by atoms with Gasteiger partial charge in [-0.3, -0.25) is 0 Å². The van der Waals surface area contributed by atoms with Gasteiger partial charge in [-0.25, -0.2) is 0 Å². The number of alkyl halides is 1. The van der Waals surface area contributed by atoms with Gasteiger partial charge in [-0.1, -0.05) is 23.7 Å². The number of allylic oxidation sites excluding steroid dienone is 1. The first-order valence-electron chi connectivity index (χ1n) is 4.32. The summed E-state index contributed by atoms with van der Waals surface area (Å²) in [6, 6.07) is 7.71. The summed E-state index contributed by atoms with van der Waals surface area (Å²) in [7, 11) is 1.64. The Morgan fingerprint density at radius 3 is 2.50 bits per heavy atom. The molecule has 0 N–H and O–H groups in total. The summed E-state index contributed by atoms with van der Waals surface area (Å²) in [6.45, 7) is 0. The molecule has 0 saturated carbocycles. The number of methoxy groups -OCH3 is 1. The number of benzene rings is 1. The number of hydrogen-bond acceptors (Lipinski definition) is 1. The minimum atomic E-state index is 0.547. The molecule has 1 aromatic carbocycles. The maximum atomic E-state index is 5.93. The van der Waals surface area contributed by atoms with Crippen molar-refractivity contribution in [2.75, 3.05) is 13.0 Å². The SMILES string of the molecule is COc1ccc(C=C(Cl)CCCl)cc1. The molecule has 0 unspecified atom stereocenters. The van der Waals surface area contributed by atoms with Gasteiger partial charge < -0.3 is 4.74 Å². The van der Waals surface area contributed by atoms with Crippen molar-refractivity contribution < 1.29 is 4.74 Å². The minimum absolute atomic E-state index is 0.547. The van der Waals surface area contributed by atoms with E-state index in [-0.39, 0.29) is 0 Å². The van der Waals surface area contributed by atoms with E-state index in [2.05, 4.69) is 0 Å². The second-order valence-electron chi connectivity index (χ2n) is 2.80. The standard InChI is InChI=1S/C11H12Cl2O/c1-14-11-4-2-9(3-5-11)8-10(13)6-7-12/h2-5,8H,6-7H2,1H3. The first-order valence-corrected chi connectivity index (χ1v) is 5.23. The molecule has 1 rings (SSSR count). The third-order valence-corrected chi connectivity index (χ3v) is 2.26. The first-order chi connectivity index (χ1) is 6.76. The molecule has 0 bridgehead atoms. The van der Waals surface area contributed by atoms with E-state index in [0.29, 0.717) is 12.3 Å². The molecule has 1 nitrogen and oxygen atoms in total. The van der Waals surface area contributed by atoms with Gasteiger partial charge in [0, 0.05) is 10.9 Å². The van der Waals surface area contributed by atoms with E-state index >= 15 is 0 Å². The van der Waals surface area contributed by atoms with Crippen LogP contribution < -0.4 is 4.74 Å².